The Kier molecular flexibility index (Phi) is 6.43. The highest BCUT2D eigenvalue weighted by Gasteiger charge is 2.08. The van der Waals surface area contributed by atoms with Crippen molar-refractivity contribution in [1.82, 2.24) is 0 Å². The highest BCUT2D eigenvalue weighted by molar-refractivity contribution is 5.46. The molecule has 0 bridgehead atoms. The Morgan fingerprint density at radius 3 is 2.71 bits per heavy atom. The molecule has 96 valence electrons. The highest BCUT2D eigenvalue weighted by Crippen LogP contribution is 2.30. The van der Waals surface area contributed by atoms with Crippen molar-refractivity contribution in [3.63, 3.8) is 0 Å². The second-order valence-electron chi connectivity index (χ2n) is 3.79. The average molecular weight is 239 g/mol. The summed E-state index contributed by atoms with van der Waals surface area (Å²) in [4.78, 5) is 0. The molecule has 0 heterocycles. The molecule has 3 N–H and O–H groups in total. The first-order valence-corrected chi connectivity index (χ1v) is 5.93. The molecule has 0 radical (unpaired) electrons. The summed E-state index contributed by atoms with van der Waals surface area (Å²) in [6.07, 6.45) is 2.70. The van der Waals surface area contributed by atoms with E-state index in [0.29, 0.717) is 13.2 Å². The van der Waals surface area contributed by atoms with Gasteiger partial charge < -0.3 is 20.3 Å². The van der Waals surface area contributed by atoms with E-state index in [-0.39, 0.29) is 6.61 Å². The van der Waals surface area contributed by atoms with E-state index in [1.165, 1.54) is 0 Å². The highest BCUT2D eigenvalue weighted by atomic mass is 16.5. The van der Waals surface area contributed by atoms with Crippen molar-refractivity contribution in [2.24, 2.45) is 5.73 Å². The number of hydrogen-bond acceptors (Lipinski definition) is 4. The molecular formula is C13H21NO3. The van der Waals surface area contributed by atoms with Crippen LogP contribution in [0.25, 0.3) is 0 Å². The number of ether oxygens (including phenoxy) is 2. The summed E-state index contributed by atoms with van der Waals surface area (Å²) in [7, 11) is 1.62. The van der Waals surface area contributed by atoms with Crippen LogP contribution < -0.4 is 15.2 Å². The van der Waals surface area contributed by atoms with E-state index in [1.807, 2.05) is 18.2 Å². The molecule has 1 rings (SSSR count). The Hall–Kier alpha value is -1.26. The second kappa shape index (κ2) is 7.92. The third-order valence-electron chi connectivity index (χ3n) is 2.55. The van der Waals surface area contributed by atoms with Gasteiger partial charge in [0.25, 0.3) is 0 Å². The van der Waals surface area contributed by atoms with Gasteiger partial charge in [0, 0.05) is 18.7 Å². The zero-order valence-electron chi connectivity index (χ0n) is 10.3. The third kappa shape index (κ3) is 4.24. The number of para-hydroxylation sites is 1. The quantitative estimate of drug-likeness (QED) is 0.678. The third-order valence-corrected chi connectivity index (χ3v) is 2.55. The van der Waals surface area contributed by atoms with Gasteiger partial charge in [0.2, 0.25) is 0 Å². The summed E-state index contributed by atoms with van der Waals surface area (Å²) in [5.74, 6) is 1.46. The van der Waals surface area contributed by atoms with Crippen molar-refractivity contribution in [3.05, 3.63) is 23.8 Å². The van der Waals surface area contributed by atoms with E-state index in [2.05, 4.69) is 0 Å². The van der Waals surface area contributed by atoms with Gasteiger partial charge in [0.1, 0.15) is 0 Å². The van der Waals surface area contributed by atoms with Crippen LogP contribution in [0.1, 0.15) is 24.8 Å². The van der Waals surface area contributed by atoms with E-state index in [0.717, 1.165) is 36.3 Å². The van der Waals surface area contributed by atoms with Crippen LogP contribution in [-0.4, -0.2) is 25.4 Å². The molecule has 0 aliphatic rings. The fourth-order valence-electron chi connectivity index (χ4n) is 1.61. The lowest BCUT2D eigenvalue weighted by Crippen LogP contribution is -2.05. The van der Waals surface area contributed by atoms with Crippen molar-refractivity contribution >= 4 is 0 Å². The maximum absolute atomic E-state index is 8.67. The maximum atomic E-state index is 8.67. The molecule has 0 aromatic heterocycles. The Bertz CT molecular complexity index is 306. The summed E-state index contributed by atoms with van der Waals surface area (Å²) in [6, 6.07) is 5.70. The average Bonchev–Trinajstić information content (AvgIpc) is 2.38. The molecular weight excluding hydrogens is 218 g/mol. The summed E-state index contributed by atoms with van der Waals surface area (Å²) in [5, 5.41) is 8.67. The molecule has 0 amide bonds. The second-order valence-corrected chi connectivity index (χ2v) is 3.79. The van der Waals surface area contributed by atoms with Crippen molar-refractivity contribution in [1.29, 1.82) is 0 Å². The molecule has 1 aromatic carbocycles. The fraction of sp³-hybridized carbons (Fsp3) is 0.538. The standard InChI is InChI=1S/C13H21NO3/c1-16-12-7-5-6-11(10-14)13(12)17-9-4-2-3-8-15/h5-7,15H,2-4,8-10,14H2,1H3. The number of methoxy groups -OCH3 is 1. The molecule has 0 fully saturated rings. The predicted molar refractivity (Wildman–Crippen MR) is 67.3 cm³/mol. The molecule has 0 saturated heterocycles. The molecule has 0 spiro atoms. The van der Waals surface area contributed by atoms with Gasteiger partial charge >= 0.3 is 0 Å². The van der Waals surface area contributed by atoms with E-state index in [4.69, 9.17) is 20.3 Å². The number of aliphatic hydroxyl groups is 1. The number of benzene rings is 1. The smallest absolute Gasteiger partial charge is 0.165 e. The molecule has 4 nitrogen and oxygen atoms in total. The molecule has 0 unspecified atom stereocenters. The minimum absolute atomic E-state index is 0.239. The van der Waals surface area contributed by atoms with E-state index < -0.39 is 0 Å². The van der Waals surface area contributed by atoms with E-state index in [1.54, 1.807) is 7.11 Å². The summed E-state index contributed by atoms with van der Waals surface area (Å²) in [6.45, 7) is 1.29. The monoisotopic (exact) mass is 239 g/mol. The lowest BCUT2D eigenvalue weighted by Gasteiger charge is -2.14. The fourth-order valence-corrected chi connectivity index (χ4v) is 1.61. The largest absolute Gasteiger partial charge is 0.493 e. The molecule has 0 atom stereocenters. The summed E-state index contributed by atoms with van der Waals surface area (Å²) >= 11 is 0. The minimum Gasteiger partial charge on any atom is -0.493 e. The molecule has 0 saturated carbocycles. The van der Waals surface area contributed by atoms with Gasteiger partial charge in [0.05, 0.1) is 13.7 Å². The van der Waals surface area contributed by atoms with Crippen molar-refractivity contribution < 1.29 is 14.6 Å². The predicted octanol–water partition coefficient (Wildman–Crippen LogP) is 1.70. The van der Waals surface area contributed by atoms with Gasteiger partial charge in [-0.1, -0.05) is 12.1 Å². The SMILES string of the molecule is COc1cccc(CN)c1OCCCCCO. The topological polar surface area (TPSA) is 64.7 Å². The molecule has 17 heavy (non-hydrogen) atoms. The first kappa shape index (κ1) is 13.8. The first-order valence-electron chi connectivity index (χ1n) is 5.93. The van der Waals surface area contributed by atoms with Gasteiger partial charge in [0.15, 0.2) is 11.5 Å². The van der Waals surface area contributed by atoms with Crippen LogP contribution in [0.5, 0.6) is 11.5 Å². The van der Waals surface area contributed by atoms with Gasteiger partial charge in [-0.15, -0.1) is 0 Å². The van der Waals surface area contributed by atoms with Crippen LogP contribution in [-0.2, 0) is 6.54 Å². The van der Waals surface area contributed by atoms with Gasteiger partial charge in [-0.25, -0.2) is 0 Å². The number of rotatable bonds is 8. The van der Waals surface area contributed by atoms with Gasteiger partial charge in [-0.05, 0) is 25.3 Å². The van der Waals surface area contributed by atoms with Crippen LogP contribution >= 0.6 is 0 Å². The number of unbranched alkanes of at least 4 members (excludes halogenated alkanes) is 2. The van der Waals surface area contributed by atoms with Crippen molar-refractivity contribution in [3.8, 4) is 11.5 Å². The van der Waals surface area contributed by atoms with Crippen molar-refractivity contribution in [2.45, 2.75) is 25.8 Å². The van der Waals surface area contributed by atoms with Crippen LogP contribution in [0.3, 0.4) is 0 Å². The molecule has 0 aliphatic heterocycles. The Labute approximate surface area is 102 Å². The Morgan fingerprint density at radius 2 is 2.06 bits per heavy atom. The number of nitrogens with two attached hydrogens (primary N) is 1. The first-order chi connectivity index (χ1) is 8.33. The van der Waals surface area contributed by atoms with Crippen LogP contribution in [0.15, 0.2) is 18.2 Å². The maximum Gasteiger partial charge on any atom is 0.165 e. The summed E-state index contributed by atoms with van der Waals surface area (Å²) < 4.78 is 11.0. The zero-order valence-corrected chi connectivity index (χ0v) is 10.3. The zero-order chi connectivity index (χ0) is 12.5. The molecule has 0 aliphatic carbocycles. The van der Waals surface area contributed by atoms with Gasteiger partial charge in [-0.3, -0.25) is 0 Å². The Morgan fingerprint density at radius 1 is 1.24 bits per heavy atom. The Balaban J connectivity index is 2.55. The van der Waals surface area contributed by atoms with Crippen LogP contribution in [0, 0.1) is 0 Å². The minimum atomic E-state index is 0.239. The number of hydrogen-bond donors (Lipinski definition) is 2. The molecule has 4 heteroatoms. The normalized spacial score (nSPS) is 10.3. The van der Waals surface area contributed by atoms with E-state index >= 15 is 0 Å². The molecule has 1 aromatic rings. The van der Waals surface area contributed by atoms with Crippen molar-refractivity contribution in [2.75, 3.05) is 20.3 Å². The van der Waals surface area contributed by atoms with E-state index in [9.17, 15) is 0 Å². The van der Waals surface area contributed by atoms with Crippen LogP contribution in [0.4, 0.5) is 0 Å². The van der Waals surface area contributed by atoms with Crippen LogP contribution in [0.2, 0.25) is 0 Å². The van der Waals surface area contributed by atoms with Gasteiger partial charge in [-0.2, -0.15) is 0 Å². The lowest BCUT2D eigenvalue weighted by atomic mass is 10.2. The summed E-state index contributed by atoms with van der Waals surface area (Å²) in [5.41, 5.74) is 6.61. The lowest BCUT2D eigenvalue weighted by molar-refractivity contribution is 0.259. The number of aliphatic hydroxyl groups excluding tert-OH is 1.